The van der Waals surface area contributed by atoms with Crippen LogP contribution in [0.4, 0.5) is 0 Å². The molecule has 0 N–H and O–H groups in total. The van der Waals surface area contributed by atoms with Gasteiger partial charge in [-0.25, -0.2) is 0 Å². The van der Waals surface area contributed by atoms with Crippen LogP contribution in [0, 0.1) is 0 Å². The number of likely N-dealkylation sites (tertiary alicyclic amines) is 1. The molecule has 0 bridgehead atoms. The van der Waals surface area contributed by atoms with Gasteiger partial charge in [0, 0.05) is 55.9 Å². The Kier molecular flexibility index (Phi) is 5.87. The molecule has 3 heterocycles. The summed E-state index contributed by atoms with van der Waals surface area (Å²) in [6.07, 6.45) is 6.02. The summed E-state index contributed by atoms with van der Waals surface area (Å²) in [6, 6.07) is 15.2. The zero-order valence-corrected chi connectivity index (χ0v) is 19.7. The van der Waals surface area contributed by atoms with Crippen molar-refractivity contribution in [2.75, 3.05) is 45.9 Å². The van der Waals surface area contributed by atoms with Crippen LogP contribution in [0.1, 0.15) is 52.0 Å². The maximum Gasteiger partial charge on any atom is 0.254 e. The number of hydrogen-bond acceptors (Lipinski definition) is 4. The van der Waals surface area contributed by atoms with Crippen molar-refractivity contribution < 1.29 is 14.3 Å². The Balaban J connectivity index is 1.14. The monoisotopic (exact) mass is 459 g/mol. The van der Waals surface area contributed by atoms with Gasteiger partial charge in [0.1, 0.15) is 0 Å². The van der Waals surface area contributed by atoms with E-state index in [9.17, 15) is 9.59 Å². The van der Waals surface area contributed by atoms with Gasteiger partial charge in [0.2, 0.25) is 0 Å². The topological polar surface area (TPSA) is 53.1 Å². The van der Waals surface area contributed by atoms with Crippen molar-refractivity contribution >= 4 is 11.8 Å². The van der Waals surface area contributed by atoms with Crippen molar-refractivity contribution in [2.24, 2.45) is 0 Å². The SMILES string of the molecule is O=C(c1ccc(-c2ccc3c(c2)CCN([C@H]2CCN(C4CCC4)C2)C3=O)cc1)N1CCOCC1. The third-order valence-corrected chi connectivity index (χ3v) is 8.21. The van der Waals surface area contributed by atoms with E-state index in [0.717, 1.165) is 60.8 Å². The van der Waals surface area contributed by atoms with Crippen molar-refractivity contribution in [3.05, 3.63) is 59.2 Å². The minimum atomic E-state index is 0.0637. The smallest absolute Gasteiger partial charge is 0.254 e. The molecule has 3 aliphatic heterocycles. The number of carbonyl (C=O) groups excluding carboxylic acids is 2. The van der Waals surface area contributed by atoms with Crippen LogP contribution in [0.2, 0.25) is 0 Å². The highest BCUT2D eigenvalue weighted by molar-refractivity contribution is 5.98. The summed E-state index contributed by atoms with van der Waals surface area (Å²) in [6.45, 7) is 5.49. The van der Waals surface area contributed by atoms with E-state index in [1.165, 1.54) is 19.3 Å². The Hall–Kier alpha value is -2.70. The van der Waals surface area contributed by atoms with Crippen molar-refractivity contribution in [3.63, 3.8) is 0 Å². The van der Waals surface area contributed by atoms with Crippen molar-refractivity contribution in [1.82, 2.24) is 14.7 Å². The average molecular weight is 460 g/mol. The fourth-order valence-electron chi connectivity index (χ4n) is 5.89. The van der Waals surface area contributed by atoms with E-state index in [1.54, 1.807) is 0 Å². The summed E-state index contributed by atoms with van der Waals surface area (Å²) < 4.78 is 5.35. The molecule has 6 nitrogen and oxygen atoms in total. The molecule has 34 heavy (non-hydrogen) atoms. The maximum atomic E-state index is 13.3. The Bertz CT molecular complexity index is 1070. The molecule has 2 aromatic carbocycles. The zero-order chi connectivity index (χ0) is 23.1. The van der Waals surface area contributed by atoms with Gasteiger partial charge < -0.3 is 14.5 Å². The first-order valence-electron chi connectivity index (χ1n) is 12.8. The second kappa shape index (κ2) is 9.16. The molecule has 1 aliphatic carbocycles. The van der Waals surface area contributed by atoms with Crippen LogP contribution in [-0.2, 0) is 11.2 Å². The lowest BCUT2D eigenvalue weighted by Gasteiger charge is -2.37. The molecular formula is C28H33N3O3. The first-order chi connectivity index (χ1) is 16.7. The average Bonchev–Trinajstić information content (AvgIpc) is 3.32. The number of rotatable bonds is 4. The van der Waals surface area contributed by atoms with Crippen LogP contribution in [0.3, 0.4) is 0 Å². The highest BCUT2D eigenvalue weighted by Gasteiger charge is 2.37. The van der Waals surface area contributed by atoms with E-state index in [0.29, 0.717) is 37.9 Å². The van der Waals surface area contributed by atoms with E-state index in [4.69, 9.17) is 4.74 Å². The number of carbonyl (C=O) groups is 2. The molecule has 0 aromatic heterocycles. The van der Waals surface area contributed by atoms with Gasteiger partial charge in [-0.05, 0) is 60.6 Å². The minimum absolute atomic E-state index is 0.0637. The van der Waals surface area contributed by atoms with Gasteiger partial charge in [-0.15, -0.1) is 0 Å². The predicted octanol–water partition coefficient (Wildman–Crippen LogP) is 3.45. The first kappa shape index (κ1) is 21.8. The molecule has 0 radical (unpaired) electrons. The van der Waals surface area contributed by atoms with E-state index in [1.807, 2.05) is 41.3 Å². The summed E-state index contributed by atoms with van der Waals surface area (Å²) in [7, 11) is 0. The normalized spacial score (nSPS) is 23.6. The van der Waals surface area contributed by atoms with E-state index >= 15 is 0 Å². The largest absolute Gasteiger partial charge is 0.378 e. The van der Waals surface area contributed by atoms with E-state index < -0.39 is 0 Å². The summed E-state index contributed by atoms with van der Waals surface area (Å²) in [5.41, 5.74) is 4.88. The predicted molar refractivity (Wildman–Crippen MR) is 131 cm³/mol. The van der Waals surface area contributed by atoms with Gasteiger partial charge in [0.05, 0.1) is 13.2 Å². The number of amides is 2. The quantitative estimate of drug-likeness (QED) is 0.703. The lowest BCUT2D eigenvalue weighted by molar-refractivity contribution is 0.0303. The van der Waals surface area contributed by atoms with Gasteiger partial charge >= 0.3 is 0 Å². The molecule has 1 saturated carbocycles. The number of benzene rings is 2. The Morgan fingerprint density at radius 1 is 0.853 bits per heavy atom. The summed E-state index contributed by atoms with van der Waals surface area (Å²) >= 11 is 0. The summed E-state index contributed by atoms with van der Waals surface area (Å²) in [5, 5.41) is 0. The molecule has 3 fully saturated rings. The van der Waals surface area contributed by atoms with Crippen LogP contribution < -0.4 is 0 Å². The maximum absolute atomic E-state index is 13.3. The second-order valence-corrected chi connectivity index (χ2v) is 10.1. The molecule has 6 heteroatoms. The van der Waals surface area contributed by atoms with Crippen molar-refractivity contribution in [2.45, 2.75) is 44.2 Å². The Morgan fingerprint density at radius 3 is 2.35 bits per heavy atom. The van der Waals surface area contributed by atoms with Gasteiger partial charge in [0.15, 0.2) is 0 Å². The minimum Gasteiger partial charge on any atom is -0.378 e. The van der Waals surface area contributed by atoms with E-state index in [-0.39, 0.29) is 11.8 Å². The molecular weight excluding hydrogens is 426 g/mol. The molecule has 1 atom stereocenters. The standard InChI is InChI=1S/C28H33N3O3/c32-27(29-14-16-34-17-15-29)21-6-4-20(5-7-21)22-8-9-26-23(18-22)10-13-31(28(26)33)25-11-12-30(19-25)24-2-1-3-24/h4-9,18,24-25H,1-3,10-17,19H2/t25-/m0/s1. The lowest BCUT2D eigenvalue weighted by atomic mass is 9.92. The number of fused-ring (bicyclic) bond motifs is 1. The van der Waals surface area contributed by atoms with Gasteiger partial charge in [-0.2, -0.15) is 0 Å². The zero-order valence-electron chi connectivity index (χ0n) is 19.7. The second-order valence-electron chi connectivity index (χ2n) is 10.1. The van der Waals surface area contributed by atoms with Crippen molar-refractivity contribution in [1.29, 1.82) is 0 Å². The highest BCUT2D eigenvalue weighted by atomic mass is 16.5. The summed E-state index contributed by atoms with van der Waals surface area (Å²) in [5.74, 6) is 0.258. The Labute approximate surface area is 201 Å². The van der Waals surface area contributed by atoms with Crippen LogP contribution >= 0.6 is 0 Å². The number of hydrogen-bond donors (Lipinski definition) is 0. The first-order valence-corrected chi connectivity index (χ1v) is 12.8. The van der Waals surface area contributed by atoms with E-state index in [2.05, 4.69) is 15.9 Å². The molecule has 2 amide bonds. The molecule has 6 rings (SSSR count). The van der Waals surface area contributed by atoms with Crippen LogP contribution in [0.25, 0.3) is 11.1 Å². The van der Waals surface area contributed by atoms with Crippen molar-refractivity contribution in [3.8, 4) is 11.1 Å². The molecule has 178 valence electrons. The molecule has 2 aromatic rings. The fraction of sp³-hybridized carbons (Fsp3) is 0.500. The third kappa shape index (κ3) is 4.03. The van der Waals surface area contributed by atoms with Gasteiger partial charge in [-0.3, -0.25) is 14.5 Å². The lowest BCUT2D eigenvalue weighted by Crippen LogP contribution is -2.47. The van der Waals surface area contributed by atoms with Crippen LogP contribution in [0.15, 0.2) is 42.5 Å². The molecule has 0 spiro atoms. The number of ether oxygens (including phenoxy) is 1. The molecule has 4 aliphatic rings. The third-order valence-electron chi connectivity index (χ3n) is 8.21. The molecule has 2 saturated heterocycles. The number of nitrogens with zero attached hydrogens (tertiary/aromatic N) is 3. The van der Waals surface area contributed by atoms with Gasteiger partial charge in [-0.1, -0.05) is 30.7 Å². The Morgan fingerprint density at radius 2 is 1.62 bits per heavy atom. The fourth-order valence-corrected chi connectivity index (χ4v) is 5.89. The molecule has 0 unspecified atom stereocenters. The number of morpholine rings is 1. The van der Waals surface area contributed by atoms with Gasteiger partial charge in [0.25, 0.3) is 11.8 Å². The van der Waals surface area contributed by atoms with Crippen LogP contribution in [0.5, 0.6) is 0 Å². The highest BCUT2D eigenvalue weighted by Crippen LogP contribution is 2.32. The van der Waals surface area contributed by atoms with Crippen LogP contribution in [-0.4, -0.2) is 84.5 Å². The summed E-state index contributed by atoms with van der Waals surface area (Å²) in [4.78, 5) is 32.6.